The number of rotatable bonds is 4. The number of thiophene rings is 1. The average Bonchev–Trinajstić information content (AvgIpc) is 3.24. The second kappa shape index (κ2) is 5.91. The summed E-state index contributed by atoms with van der Waals surface area (Å²) in [6.07, 6.45) is 5.77. The lowest BCUT2D eigenvalue weighted by molar-refractivity contribution is 0.767. The summed E-state index contributed by atoms with van der Waals surface area (Å²) in [5.74, 6) is 0. The first-order valence-electron chi connectivity index (χ1n) is 7.33. The van der Waals surface area contributed by atoms with Gasteiger partial charge < -0.3 is 5.32 Å². The molecule has 5 nitrogen and oxygen atoms in total. The lowest BCUT2D eigenvalue weighted by Crippen LogP contribution is -2.04. The van der Waals surface area contributed by atoms with E-state index in [-0.39, 0.29) is 0 Å². The van der Waals surface area contributed by atoms with E-state index in [0.717, 1.165) is 22.5 Å². The van der Waals surface area contributed by atoms with Crippen molar-refractivity contribution in [2.45, 2.75) is 6.54 Å². The monoisotopic (exact) mass is 321 g/mol. The summed E-state index contributed by atoms with van der Waals surface area (Å²) < 4.78 is 3.00. The Morgan fingerprint density at radius 1 is 1.22 bits per heavy atom. The third-order valence-electron chi connectivity index (χ3n) is 3.70. The predicted octanol–water partition coefficient (Wildman–Crippen LogP) is 3.26. The van der Waals surface area contributed by atoms with Crippen molar-refractivity contribution in [1.82, 2.24) is 25.3 Å². The van der Waals surface area contributed by atoms with Gasteiger partial charge in [0.2, 0.25) is 0 Å². The average molecular weight is 321 g/mol. The fourth-order valence-electron chi connectivity index (χ4n) is 2.63. The molecule has 6 heteroatoms. The topological polar surface area (TPSA) is 55.6 Å². The second-order valence-electron chi connectivity index (χ2n) is 5.25. The van der Waals surface area contributed by atoms with E-state index < -0.39 is 0 Å². The first-order valence-corrected chi connectivity index (χ1v) is 8.21. The van der Waals surface area contributed by atoms with Gasteiger partial charge in [0.1, 0.15) is 0 Å². The van der Waals surface area contributed by atoms with Gasteiger partial charge >= 0.3 is 0 Å². The fraction of sp³-hybridized carbons (Fsp3) is 0.118. The molecule has 0 saturated heterocycles. The number of nitrogens with one attached hydrogen (secondary N) is 1. The molecule has 23 heavy (non-hydrogen) atoms. The number of aromatic nitrogens is 4. The van der Waals surface area contributed by atoms with Crippen molar-refractivity contribution in [3.8, 4) is 16.8 Å². The van der Waals surface area contributed by atoms with Crippen LogP contribution in [0.4, 0.5) is 0 Å². The summed E-state index contributed by atoms with van der Waals surface area (Å²) in [7, 11) is 1.90. The van der Waals surface area contributed by atoms with Gasteiger partial charge in [-0.1, -0.05) is 17.3 Å². The maximum Gasteiger partial charge on any atom is 0.0969 e. The molecule has 4 rings (SSSR count). The van der Waals surface area contributed by atoms with Crippen molar-refractivity contribution in [1.29, 1.82) is 0 Å². The van der Waals surface area contributed by atoms with Crippen LogP contribution in [0.25, 0.3) is 26.9 Å². The Kier molecular flexibility index (Phi) is 3.61. The first-order chi connectivity index (χ1) is 11.3. The van der Waals surface area contributed by atoms with Gasteiger partial charge in [0, 0.05) is 29.9 Å². The Labute approximate surface area is 137 Å². The molecule has 4 aromatic rings. The molecule has 0 amide bonds. The number of hydrogen-bond donors (Lipinski definition) is 1. The van der Waals surface area contributed by atoms with Crippen LogP contribution >= 0.6 is 11.3 Å². The van der Waals surface area contributed by atoms with E-state index in [0.29, 0.717) is 6.54 Å². The zero-order valence-corrected chi connectivity index (χ0v) is 13.4. The lowest BCUT2D eigenvalue weighted by atomic mass is 10.0. The molecular weight excluding hydrogens is 306 g/mol. The van der Waals surface area contributed by atoms with Crippen molar-refractivity contribution in [3.63, 3.8) is 0 Å². The largest absolute Gasteiger partial charge is 0.314 e. The fourth-order valence-corrected chi connectivity index (χ4v) is 3.40. The molecule has 0 aliphatic rings. The molecule has 0 radical (unpaired) electrons. The Bertz CT molecular complexity index is 956. The third kappa shape index (κ3) is 2.62. The molecule has 0 spiro atoms. The predicted molar refractivity (Wildman–Crippen MR) is 92.7 cm³/mol. The molecule has 1 N–H and O–H groups in total. The van der Waals surface area contributed by atoms with Crippen LogP contribution in [-0.2, 0) is 6.54 Å². The van der Waals surface area contributed by atoms with Crippen LogP contribution in [0.2, 0.25) is 0 Å². The van der Waals surface area contributed by atoms with E-state index in [1.807, 2.05) is 37.8 Å². The van der Waals surface area contributed by atoms with Crippen molar-refractivity contribution in [2.24, 2.45) is 0 Å². The number of benzene rings is 1. The highest BCUT2D eigenvalue weighted by atomic mass is 32.1. The van der Waals surface area contributed by atoms with Gasteiger partial charge in [-0.15, -0.1) is 16.4 Å². The van der Waals surface area contributed by atoms with Crippen molar-refractivity contribution >= 4 is 21.4 Å². The summed E-state index contributed by atoms with van der Waals surface area (Å²) in [6.45, 7) is 0.706. The van der Waals surface area contributed by atoms with Crippen LogP contribution in [0.5, 0.6) is 0 Å². The molecule has 0 unspecified atom stereocenters. The minimum atomic E-state index is 0.706. The quantitative estimate of drug-likeness (QED) is 0.627. The van der Waals surface area contributed by atoms with Crippen LogP contribution in [0.1, 0.15) is 5.69 Å². The highest BCUT2D eigenvalue weighted by Gasteiger charge is 2.08. The summed E-state index contributed by atoms with van der Waals surface area (Å²) >= 11 is 1.71. The number of pyridine rings is 1. The third-order valence-corrected chi connectivity index (χ3v) is 4.55. The number of nitrogens with zero attached hydrogens (tertiary/aromatic N) is 4. The normalized spacial score (nSPS) is 11.2. The molecule has 1 aromatic carbocycles. The van der Waals surface area contributed by atoms with Crippen molar-refractivity contribution < 1.29 is 0 Å². The van der Waals surface area contributed by atoms with Gasteiger partial charge in [-0.25, -0.2) is 4.68 Å². The molecule has 0 saturated carbocycles. The smallest absolute Gasteiger partial charge is 0.0969 e. The molecule has 0 bridgehead atoms. The summed E-state index contributed by atoms with van der Waals surface area (Å²) in [5.41, 5.74) is 4.18. The highest BCUT2D eigenvalue weighted by molar-refractivity contribution is 7.17. The molecule has 0 atom stereocenters. The van der Waals surface area contributed by atoms with Crippen LogP contribution in [-0.4, -0.2) is 27.0 Å². The Morgan fingerprint density at radius 2 is 2.17 bits per heavy atom. The Balaban J connectivity index is 1.77. The van der Waals surface area contributed by atoms with Gasteiger partial charge in [-0.05, 0) is 36.2 Å². The standard InChI is InChI=1S/C17H15N5S/c1-18-8-13-11-22(21-20-13)14-4-2-3-12(7-14)16-9-19-10-17-15(16)5-6-23-17/h2-7,9-11,18H,8H2,1H3. The summed E-state index contributed by atoms with van der Waals surface area (Å²) in [4.78, 5) is 4.36. The maximum atomic E-state index is 4.36. The van der Waals surface area contributed by atoms with Crippen LogP contribution in [0.15, 0.2) is 54.3 Å². The molecule has 114 valence electrons. The minimum absolute atomic E-state index is 0.706. The van der Waals surface area contributed by atoms with Gasteiger partial charge in [0.25, 0.3) is 0 Å². The first kappa shape index (κ1) is 14.0. The van der Waals surface area contributed by atoms with E-state index in [1.165, 1.54) is 10.1 Å². The van der Waals surface area contributed by atoms with Crippen molar-refractivity contribution in [2.75, 3.05) is 7.05 Å². The Hall–Kier alpha value is -2.57. The molecule has 3 heterocycles. The number of fused-ring (bicyclic) bond motifs is 1. The van der Waals surface area contributed by atoms with E-state index >= 15 is 0 Å². The van der Waals surface area contributed by atoms with Gasteiger partial charge in [-0.3, -0.25) is 4.98 Å². The maximum absolute atomic E-state index is 4.36. The lowest BCUT2D eigenvalue weighted by Gasteiger charge is -2.06. The van der Waals surface area contributed by atoms with Crippen molar-refractivity contribution in [3.05, 3.63) is 60.0 Å². The molecular formula is C17H15N5S. The zero-order valence-electron chi connectivity index (χ0n) is 12.6. The molecule has 0 aliphatic carbocycles. The number of hydrogen-bond acceptors (Lipinski definition) is 5. The van der Waals surface area contributed by atoms with Crippen LogP contribution < -0.4 is 5.32 Å². The summed E-state index contributed by atoms with van der Waals surface area (Å²) in [6, 6.07) is 10.4. The van der Waals surface area contributed by atoms with E-state index in [4.69, 9.17) is 0 Å². The molecule has 0 aliphatic heterocycles. The van der Waals surface area contributed by atoms with Gasteiger partial charge in [0.15, 0.2) is 0 Å². The van der Waals surface area contributed by atoms with Crippen LogP contribution in [0.3, 0.4) is 0 Å². The zero-order chi connectivity index (χ0) is 15.6. The Morgan fingerprint density at radius 3 is 3.09 bits per heavy atom. The minimum Gasteiger partial charge on any atom is -0.314 e. The second-order valence-corrected chi connectivity index (χ2v) is 6.20. The molecule has 3 aromatic heterocycles. The highest BCUT2D eigenvalue weighted by Crippen LogP contribution is 2.31. The van der Waals surface area contributed by atoms with Gasteiger partial charge in [0.05, 0.1) is 22.3 Å². The SMILES string of the molecule is CNCc1cn(-c2cccc(-c3cncc4sccc34)c2)nn1. The van der Waals surface area contributed by atoms with E-state index in [1.54, 1.807) is 16.0 Å². The van der Waals surface area contributed by atoms with Crippen LogP contribution in [0, 0.1) is 0 Å². The van der Waals surface area contributed by atoms with E-state index in [2.05, 4.69) is 44.2 Å². The summed E-state index contributed by atoms with van der Waals surface area (Å²) in [5, 5.41) is 14.8. The molecule has 0 fully saturated rings. The van der Waals surface area contributed by atoms with Gasteiger partial charge in [-0.2, -0.15) is 0 Å². The van der Waals surface area contributed by atoms with E-state index in [9.17, 15) is 0 Å².